The first-order chi connectivity index (χ1) is 17.7. The van der Waals surface area contributed by atoms with Gasteiger partial charge in [0.15, 0.2) is 5.76 Å². The Kier molecular flexibility index (Phi) is 6.83. The number of hydrogen-bond acceptors (Lipinski definition) is 7. The smallest absolute Gasteiger partial charge is 0.292 e. The fourth-order valence-electron chi connectivity index (χ4n) is 4.76. The largest absolute Gasteiger partial charge is 0.459 e. The number of fused-ring (bicyclic) bond motifs is 2. The van der Waals surface area contributed by atoms with Crippen molar-refractivity contribution in [2.24, 2.45) is 17.1 Å². The van der Waals surface area contributed by atoms with Gasteiger partial charge in [-0.25, -0.2) is 9.97 Å². The Morgan fingerprint density at radius 1 is 1.16 bits per heavy atom. The van der Waals surface area contributed by atoms with Crippen LogP contribution in [-0.4, -0.2) is 28.3 Å². The van der Waals surface area contributed by atoms with Gasteiger partial charge in [0.25, 0.3) is 11.8 Å². The molecule has 4 N–H and O–H groups in total. The van der Waals surface area contributed by atoms with E-state index in [0.29, 0.717) is 22.3 Å². The molecule has 0 spiro atoms. The lowest BCUT2D eigenvalue weighted by Crippen LogP contribution is -2.33. The minimum absolute atomic E-state index is 0.153. The molecular formula is C28H31N5O3S. The van der Waals surface area contributed by atoms with Crippen LogP contribution in [0.2, 0.25) is 0 Å². The summed E-state index contributed by atoms with van der Waals surface area (Å²) in [6.07, 6.45) is 4.56. The van der Waals surface area contributed by atoms with Crippen molar-refractivity contribution < 1.29 is 14.0 Å². The molecule has 9 heteroatoms. The van der Waals surface area contributed by atoms with Gasteiger partial charge in [0.05, 0.1) is 22.9 Å². The molecule has 8 nitrogen and oxygen atoms in total. The van der Waals surface area contributed by atoms with Crippen molar-refractivity contribution in [3.05, 3.63) is 76.3 Å². The number of nitrogens with zero attached hydrogens (tertiary/aromatic N) is 2. The molecule has 0 aromatic carbocycles. The van der Waals surface area contributed by atoms with Gasteiger partial charge in [0.1, 0.15) is 10.6 Å². The van der Waals surface area contributed by atoms with E-state index in [-0.39, 0.29) is 23.6 Å². The van der Waals surface area contributed by atoms with Crippen LogP contribution < -0.4 is 16.4 Å². The third-order valence-corrected chi connectivity index (χ3v) is 8.02. The number of nitrogens with two attached hydrogens (primary N) is 1. The van der Waals surface area contributed by atoms with Crippen LogP contribution in [0.15, 0.2) is 53.1 Å². The Hall–Kier alpha value is -3.56. The second kappa shape index (κ2) is 10.1. The first-order valence-electron chi connectivity index (χ1n) is 12.5. The zero-order chi connectivity index (χ0) is 26.2. The molecule has 4 aromatic heterocycles. The normalized spacial score (nSPS) is 16.3. The number of hydrogen-bond donors (Lipinski definition) is 3. The van der Waals surface area contributed by atoms with Crippen molar-refractivity contribution in [3.63, 3.8) is 0 Å². The van der Waals surface area contributed by atoms with E-state index in [4.69, 9.17) is 15.1 Å². The Morgan fingerprint density at radius 3 is 2.73 bits per heavy atom. The highest BCUT2D eigenvalue weighted by atomic mass is 32.1. The average Bonchev–Trinajstić information content (AvgIpc) is 3.55. The topological polar surface area (TPSA) is 123 Å². The molecule has 2 amide bonds. The third kappa shape index (κ3) is 5.42. The molecular weight excluding hydrogens is 486 g/mol. The maximum atomic E-state index is 13.2. The van der Waals surface area contributed by atoms with Gasteiger partial charge in [-0.1, -0.05) is 26.8 Å². The predicted octanol–water partition coefficient (Wildman–Crippen LogP) is 5.12. The van der Waals surface area contributed by atoms with Crippen molar-refractivity contribution >= 4 is 39.2 Å². The average molecular weight is 518 g/mol. The van der Waals surface area contributed by atoms with Crippen LogP contribution in [0.1, 0.15) is 70.4 Å². The molecule has 2 atom stereocenters. The molecule has 4 aromatic rings. The lowest BCUT2D eigenvalue weighted by molar-refractivity contribution is 0.0939. The van der Waals surface area contributed by atoms with Gasteiger partial charge in [0.2, 0.25) is 0 Å². The van der Waals surface area contributed by atoms with Crippen LogP contribution in [0.25, 0.3) is 10.2 Å². The second-order valence-corrected chi connectivity index (χ2v) is 11.6. The van der Waals surface area contributed by atoms with Crippen LogP contribution in [0.3, 0.4) is 0 Å². The molecule has 0 saturated heterocycles. The van der Waals surface area contributed by atoms with Crippen molar-refractivity contribution in [1.82, 2.24) is 15.3 Å². The molecule has 4 heterocycles. The Morgan fingerprint density at radius 2 is 2.00 bits per heavy atom. The molecule has 0 aliphatic heterocycles. The van der Waals surface area contributed by atoms with Gasteiger partial charge in [-0.05, 0) is 72.6 Å². The minimum atomic E-state index is -0.521. The zero-order valence-electron chi connectivity index (χ0n) is 21.2. The summed E-state index contributed by atoms with van der Waals surface area (Å²) in [5.41, 5.74) is 9.26. The van der Waals surface area contributed by atoms with Crippen molar-refractivity contribution in [2.45, 2.75) is 46.1 Å². The van der Waals surface area contributed by atoms with Crippen LogP contribution in [0.4, 0.5) is 5.82 Å². The molecule has 1 aliphatic carbocycles. The zero-order valence-corrected chi connectivity index (χ0v) is 22.0. The lowest BCUT2D eigenvalue weighted by Gasteiger charge is -2.34. The molecule has 192 valence electrons. The number of carbonyl (C=O) groups excluding carboxylic acids is 2. The highest BCUT2D eigenvalue weighted by Crippen LogP contribution is 2.38. The fraction of sp³-hybridized carbons (Fsp3) is 0.357. The van der Waals surface area contributed by atoms with E-state index in [0.717, 1.165) is 35.2 Å². The predicted molar refractivity (Wildman–Crippen MR) is 145 cm³/mol. The number of amides is 2. The summed E-state index contributed by atoms with van der Waals surface area (Å²) >= 11 is 1.39. The molecule has 1 aliphatic rings. The number of nitrogens with one attached hydrogen (secondary N) is 2. The Balaban J connectivity index is 1.31. The summed E-state index contributed by atoms with van der Waals surface area (Å²) in [5, 5.41) is 6.69. The van der Waals surface area contributed by atoms with Gasteiger partial charge < -0.3 is 20.8 Å². The van der Waals surface area contributed by atoms with E-state index < -0.39 is 11.9 Å². The Bertz CT molecular complexity index is 1440. The number of aryl methyl sites for hydroxylation is 1. The molecule has 37 heavy (non-hydrogen) atoms. The highest BCUT2D eigenvalue weighted by molar-refractivity contribution is 7.20. The van der Waals surface area contributed by atoms with Gasteiger partial charge in [-0.2, -0.15) is 0 Å². The van der Waals surface area contributed by atoms with Crippen molar-refractivity contribution in [3.8, 4) is 0 Å². The molecule has 0 unspecified atom stereocenters. The minimum Gasteiger partial charge on any atom is -0.459 e. The molecule has 0 radical (unpaired) electrons. The van der Waals surface area contributed by atoms with E-state index in [2.05, 4.69) is 42.5 Å². The van der Waals surface area contributed by atoms with Gasteiger partial charge in [-0.15, -0.1) is 11.3 Å². The third-order valence-electron chi connectivity index (χ3n) is 6.98. The number of rotatable bonds is 6. The number of carbonyl (C=O) groups is 2. The first kappa shape index (κ1) is 25.1. The van der Waals surface area contributed by atoms with E-state index >= 15 is 0 Å². The lowest BCUT2D eigenvalue weighted by atomic mass is 9.71. The summed E-state index contributed by atoms with van der Waals surface area (Å²) in [7, 11) is 0. The molecule has 0 fully saturated rings. The summed E-state index contributed by atoms with van der Waals surface area (Å²) in [6.45, 7) is 7.05. The quantitative estimate of drug-likeness (QED) is 0.326. The molecule has 0 saturated carbocycles. The maximum absolute atomic E-state index is 13.2. The summed E-state index contributed by atoms with van der Waals surface area (Å²) in [4.78, 5) is 36.3. The molecule has 5 rings (SSSR count). The van der Waals surface area contributed by atoms with Crippen LogP contribution in [-0.2, 0) is 12.8 Å². The van der Waals surface area contributed by atoms with E-state index in [1.54, 1.807) is 30.3 Å². The Labute approximate surface area is 219 Å². The maximum Gasteiger partial charge on any atom is 0.292 e. The standard InChI is InChI=1S/C28H31N5O3S/c1-28(2,3)18-9-10-19-16(13-18)12-17-14-23(37-27(17)32-19)26(35)31-21(15-29)20-6-4-8-24(30-20)33-25(34)22-7-5-11-36-22/h4-8,11-12,14,18,21H,9-10,13,15,29H2,1-3H3,(H,31,35)(H,30,33,34)/t18-,21+/m1/s1. The van der Waals surface area contributed by atoms with E-state index in [9.17, 15) is 9.59 Å². The first-order valence-corrected chi connectivity index (χ1v) is 13.3. The number of aromatic nitrogens is 2. The number of pyridine rings is 2. The summed E-state index contributed by atoms with van der Waals surface area (Å²) < 4.78 is 5.12. The number of furan rings is 1. The van der Waals surface area contributed by atoms with Crippen LogP contribution >= 0.6 is 11.3 Å². The van der Waals surface area contributed by atoms with Crippen molar-refractivity contribution in [2.75, 3.05) is 11.9 Å². The SMILES string of the molecule is CC(C)(C)[C@@H]1CCc2nc3sc(C(=O)N[C@@H](CN)c4cccc(NC(=O)c5ccco5)n4)cc3cc2C1. The second-order valence-electron chi connectivity index (χ2n) is 10.5. The van der Waals surface area contributed by atoms with E-state index in [1.165, 1.54) is 23.2 Å². The monoisotopic (exact) mass is 517 g/mol. The van der Waals surface area contributed by atoms with Crippen LogP contribution in [0, 0.1) is 11.3 Å². The number of anilines is 1. The van der Waals surface area contributed by atoms with Gasteiger partial charge in [0, 0.05) is 17.6 Å². The molecule has 0 bridgehead atoms. The van der Waals surface area contributed by atoms with Crippen LogP contribution in [0.5, 0.6) is 0 Å². The highest BCUT2D eigenvalue weighted by Gasteiger charge is 2.30. The number of thiophene rings is 1. The fourth-order valence-corrected chi connectivity index (χ4v) is 5.70. The van der Waals surface area contributed by atoms with E-state index in [1.807, 2.05) is 6.07 Å². The van der Waals surface area contributed by atoms with Gasteiger partial charge in [-0.3, -0.25) is 9.59 Å². The van der Waals surface area contributed by atoms with Crippen molar-refractivity contribution in [1.29, 1.82) is 0 Å². The summed E-state index contributed by atoms with van der Waals surface area (Å²) in [5.74, 6) is 0.521. The summed E-state index contributed by atoms with van der Waals surface area (Å²) in [6, 6.07) is 12.0. The van der Waals surface area contributed by atoms with Gasteiger partial charge >= 0.3 is 0 Å².